The van der Waals surface area contributed by atoms with Crippen LogP contribution in [0.4, 0.5) is 0 Å². The molecular formula is C18H17Cl2N3O5. The molecule has 0 radical (unpaired) electrons. The zero-order valence-corrected chi connectivity index (χ0v) is 16.4. The van der Waals surface area contributed by atoms with Gasteiger partial charge in [-0.25, -0.2) is 0 Å². The van der Waals surface area contributed by atoms with Crippen molar-refractivity contribution in [1.29, 1.82) is 0 Å². The first-order chi connectivity index (χ1) is 13.3. The second-order valence-corrected chi connectivity index (χ2v) is 8.01. The van der Waals surface area contributed by atoms with Crippen LogP contribution in [0.1, 0.15) is 29.8 Å². The summed E-state index contributed by atoms with van der Waals surface area (Å²) in [5.74, 6) is 0.223. The summed E-state index contributed by atoms with van der Waals surface area (Å²) in [6, 6.07) is 6.24. The van der Waals surface area contributed by atoms with E-state index in [-0.39, 0.29) is 41.1 Å². The van der Waals surface area contributed by atoms with Gasteiger partial charge in [0.25, 0.3) is 17.7 Å². The Hall–Kier alpha value is -2.45. The fourth-order valence-electron chi connectivity index (χ4n) is 3.87. The molecule has 0 saturated heterocycles. The number of halogens is 2. The van der Waals surface area contributed by atoms with Crippen LogP contribution in [0.2, 0.25) is 10.0 Å². The molecule has 0 aliphatic heterocycles. The highest BCUT2D eigenvalue weighted by Gasteiger charge is 2.69. The summed E-state index contributed by atoms with van der Waals surface area (Å²) in [6.07, 6.45) is 1.99. The van der Waals surface area contributed by atoms with Gasteiger partial charge in [0.15, 0.2) is 6.61 Å². The average Bonchev–Trinajstić information content (AvgIpc) is 3.09. The van der Waals surface area contributed by atoms with E-state index in [1.165, 1.54) is 13.2 Å². The van der Waals surface area contributed by atoms with Crippen molar-refractivity contribution in [3.05, 3.63) is 40.1 Å². The Labute approximate surface area is 170 Å². The molecule has 3 aliphatic carbocycles. The third-order valence-corrected chi connectivity index (χ3v) is 5.74. The van der Waals surface area contributed by atoms with Crippen molar-refractivity contribution in [3.8, 4) is 11.6 Å². The van der Waals surface area contributed by atoms with Crippen molar-refractivity contribution in [3.63, 3.8) is 0 Å². The fraction of sp³-hybridized carbons (Fsp3) is 0.389. The quantitative estimate of drug-likeness (QED) is 0.706. The van der Waals surface area contributed by atoms with E-state index in [1.807, 2.05) is 0 Å². The van der Waals surface area contributed by atoms with Crippen molar-refractivity contribution in [2.75, 3.05) is 13.7 Å². The zero-order valence-electron chi connectivity index (χ0n) is 14.9. The number of aromatic nitrogens is 1. The fourth-order valence-corrected chi connectivity index (χ4v) is 4.15. The van der Waals surface area contributed by atoms with E-state index in [1.54, 1.807) is 18.2 Å². The molecule has 1 heterocycles. The molecule has 5 rings (SSSR count). The van der Waals surface area contributed by atoms with E-state index < -0.39 is 0 Å². The van der Waals surface area contributed by atoms with Crippen molar-refractivity contribution in [1.82, 2.24) is 15.8 Å². The number of nitrogens with one attached hydrogen (secondary N) is 2. The number of carbonyl (C=O) groups excluding carboxylic acids is 2. The lowest BCUT2D eigenvalue weighted by Gasteiger charge is -2.70. The van der Waals surface area contributed by atoms with E-state index in [4.69, 9.17) is 37.2 Å². The number of ether oxygens (including phenoxy) is 2. The molecule has 10 heteroatoms. The largest absolute Gasteiger partial charge is 0.484 e. The van der Waals surface area contributed by atoms with E-state index in [9.17, 15) is 9.59 Å². The molecule has 3 aliphatic rings. The van der Waals surface area contributed by atoms with Crippen LogP contribution < -0.4 is 20.1 Å². The van der Waals surface area contributed by atoms with E-state index >= 15 is 0 Å². The van der Waals surface area contributed by atoms with Gasteiger partial charge in [-0.2, -0.15) is 0 Å². The number of hydrogen-bond acceptors (Lipinski definition) is 6. The summed E-state index contributed by atoms with van der Waals surface area (Å²) in [7, 11) is 1.44. The number of amides is 2. The number of nitrogens with zero attached hydrogens (tertiary/aromatic N) is 1. The van der Waals surface area contributed by atoms with Crippen molar-refractivity contribution in [2.45, 2.75) is 30.3 Å². The lowest BCUT2D eigenvalue weighted by molar-refractivity contribution is -0.141. The molecule has 0 unspecified atom stereocenters. The van der Waals surface area contributed by atoms with Gasteiger partial charge in [-0.05, 0) is 36.6 Å². The lowest BCUT2D eigenvalue weighted by Crippen LogP contribution is -2.84. The van der Waals surface area contributed by atoms with Gasteiger partial charge in [-0.3, -0.25) is 9.59 Å². The molecule has 8 nitrogen and oxygen atoms in total. The zero-order chi connectivity index (χ0) is 19.9. The van der Waals surface area contributed by atoms with Crippen LogP contribution >= 0.6 is 23.2 Å². The smallest absolute Gasteiger partial charge is 0.290 e. The third-order valence-electron chi connectivity index (χ3n) is 5.00. The van der Waals surface area contributed by atoms with Crippen molar-refractivity contribution < 1.29 is 23.6 Å². The maximum atomic E-state index is 12.2. The Bertz CT molecular complexity index is 925. The highest BCUT2D eigenvalue weighted by Crippen LogP contribution is 2.60. The first-order valence-electron chi connectivity index (χ1n) is 8.54. The van der Waals surface area contributed by atoms with Crippen LogP contribution in [0, 0.1) is 0 Å². The number of rotatable bonds is 7. The van der Waals surface area contributed by atoms with Gasteiger partial charge in [-0.15, -0.1) is 0 Å². The van der Waals surface area contributed by atoms with Crippen LogP contribution in [0.15, 0.2) is 28.8 Å². The minimum Gasteiger partial charge on any atom is -0.484 e. The highest BCUT2D eigenvalue weighted by molar-refractivity contribution is 6.42. The first kappa shape index (κ1) is 18.9. The Balaban J connectivity index is 1.23. The first-order valence-corrected chi connectivity index (χ1v) is 9.30. The topological polar surface area (TPSA) is 103 Å². The van der Waals surface area contributed by atoms with Crippen molar-refractivity contribution >= 4 is 35.0 Å². The van der Waals surface area contributed by atoms with Gasteiger partial charge in [0.2, 0.25) is 5.76 Å². The Kier molecular flexibility index (Phi) is 4.63. The third kappa shape index (κ3) is 3.49. The summed E-state index contributed by atoms with van der Waals surface area (Å²) in [4.78, 5) is 24.4. The summed E-state index contributed by atoms with van der Waals surface area (Å²) in [5.41, 5.74) is -0.598. The van der Waals surface area contributed by atoms with Crippen LogP contribution in [0.3, 0.4) is 0 Å². The molecule has 0 atom stereocenters. The summed E-state index contributed by atoms with van der Waals surface area (Å²) < 4.78 is 15.3. The van der Waals surface area contributed by atoms with Gasteiger partial charge in [0.1, 0.15) is 5.75 Å². The van der Waals surface area contributed by atoms with Gasteiger partial charge in [0.05, 0.1) is 23.2 Å². The second-order valence-electron chi connectivity index (χ2n) is 7.19. The lowest BCUT2D eigenvalue weighted by atomic mass is 9.44. The normalized spacial score (nSPS) is 24.5. The molecule has 0 spiro atoms. The molecule has 2 bridgehead atoms. The van der Waals surface area contributed by atoms with Gasteiger partial charge < -0.3 is 24.6 Å². The second kappa shape index (κ2) is 6.86. The minimum absolute atomic E-state index is 0.0923. The minimum atomic E-state index is -0.349. The van der Waals surface area contributed by atoms with Crippen LogP contribution in [-0.2, 0) is 4.79 Å². The molecule has 3 fully saturated rings. The SMILES string of the molecule is COc1cc(C(=O)NC23CC(NC(=O)COc4ccc(Cl)c(Cl)c4)(C2)C3)on1. The molecule has 28 heavy (non-hydrogen) atoms. The number of hydrogen-bond donors (Lipinski definition) is 2. The molecular weight excluding hydrogens is 409 g/mol. The maximum Gasteiger partial charge on any atom is 0.290 e. The van der Waals surface area contributed by atoms with Crippen LogP contribution in [0.25, 0.3) is 0 Å². The molecule has 2 amide bonds. The number of methoxy groups -OCH3 is 1. The standard InChI is InChI=1S/C18H17Cl2N3O5/c1-26-15-5-13(28-23-15)16(25)22-18-7-17(8-18,9-18)21-14(24)6-27-10-2-3-11(19)12(20)4-10/h2-5H,6-9H2,1H3,(H,21,24)(H,22,25). The molecule has 2 N–H and O–H groups in total. The van der Waals surface area contributed by atoms with Gasteiger partial charge in [0, 0.05) is 17.1 Å². The maximum absolute atomic E-state index is 12.2. The average molecular weight is 426 g/mol. The number of benzene rings is 1. The van der Waals surface area contributed by atoms with E-state index in [2.05, 4.69) is 15.8 Å². The van der Waals surface area contributed by atoms with E-state index in [0.29, 0.717) is 35.1 Å². The van der Waals surface area contributed by atoms with Crippen molar-refractivity contribution in [2.24, 2.45) is 0 Å². The predicted octanol–water partition coefficient (Wildman–Crippen LogP) is 2.59. The molecule has 1 aromatic heterocycles. The summed E-state index contributed by atoms with van der Waals surface area (Å²) >= 11 is 11.8. The highest BCUT2D eigenvalue weighted by atomic mass is 35.5. The predicted molar refractivity (Wildman–Crippen MR) is 99.9 cm³/mol. The summed E-state index contributed by atoms with van der Waals surface area (Å²) in [5, 5.41) is 10.3. The van der Waals surface area contributed by atoms with Gasteiger partial charge in [-0.1, -0.05) is 23.2 Å². The molecule has 148 valence electrons. The van der Waals surface area contributed by atoms with Crippen LogP contribution in [-0.4, -0.2) is 41.8 Å². The Morgan fingerprint density at radius 2 is 1.86 bits per heavy atom. The summed E-state index contributed by atoms with van der Waals surface area (Å²) in [6.45, 7) is -0.128. The van der Waals surface area contributed by atoms with Crippen LogP contribution in [0.5, 0.6) is 11.6 Å². The monoisotopic (exact) mass is 425 g/mol. The Morgan fingerprint density at radius 3 is 2.50 bits per heavy atom. The molecule has 1 aromatic carbocycles. The van der Waals surface area contributed by atoms with Gasteiger partial charge >= 0.3 is 0 Å². The number of carbonyl (C=O) groups is 2. The molecule has 3 saturated carbocycles. The molecule has 2 aromatic rings. The van der Waals surface area contributed by atoms with E-state index in [0.717, 1.165) is 0 Å². The Morgan fingerprint density at radius 1 is 1.14 bits per heavy atom.